The number of methoxy groups -OCH3 is 1. The second kappa shape index (κ2) is 8.72. The van der Waals surface area contributed by atoms with Gasteiger partial charge < -0.3 is 9.64 Å². The van der Waals surface area contributed by atoms with Gasteiger partial charge in [0.1, 0.15) is 5.75 Å². The van der Waals surface area contributed by atoms with Crippen LogP contribution < -0.4 is 9.64 Å². The van der Waals surface area contributed by atoms with Gasteiger partial charge in [0.2, 0.25) is 10.0 Å². The molecule has 3 aromatic rings. The third-order valence-corrected chi connectivity index (χ3v) is 8.04. The van der Waals surface area contributed by atoms with Crippen molar-refractivity contribution in [3.63, 3.8) is 0 Å². The molecular weight excluding hydrogens is 463 g/mol. The van der Waals surface area contributed by atoms with E-state index in [9.17, 15) is 21.6 Å². The van der Waals surface area contributed by atoms with E-state index in [2.05, 4.69) is 4.98 Å². The Hall–Kier alpha value is -2.63. The minimum Gasteiger partial charge on any atom is -0.497 e. The number of thiazole rings is 1. The van der Waals surface area contributed by atoms with Gasteiger partial charge in [0.25, 0.3) is 0 Å². The first-order valence-electron chi connectivity index (χ1n) is 9.71. The number of piperazine rings is 1. The number of halogens is 3. The van der Waals surface area contributed by atoms with Gasteiger partial charge in [-0.1, -0.05) is 24.3 Å². The van der Waals surface area contributed by atoms with E-state index >= 15 is 0 Å². The van der Waals surface area contributed by atoms with E-state index in [1.165, 1.54) is 23.5 Å². The number of hydrogen-bond donors (Lipinski definition) is 0. The van der Waals surface area contributed by atoms with E-state index in [0.29, 0.717) is 13.1 Å². The molecule has 170 valence electrons. The van der Waals surface area contributed by atoms with E-state index in [1.54, 1.807) is 7.11 Å². The number of nitrogens with zero attached hydrogens (tertiary/aromatic N) is 3. The Balaban J connectivity index is 1.49. The lowest BCUT2D eigenvalue weighted by Crippen LogP contribution is -2.48. The minimum absolute atomic E-state index is 0.0720. The van der Waals surface area contributed by atoms with E-state index in [4.69, 9.17) is 4.74 Å². The van der Waals surface area contributed by atoms with Crippen molar-refractivity contribution in [2.45, 2.75) is 11.1 Å². The van der Waals surface area contributed by atoms with Gasteiger partial charge in [-0.3, -0.25) is 0 Å². The highest BCUT2D eigenvalue weighted by molar-refractivity contribution is 7.89. The highest BCUT2D eigenvalue weighted by Crippen LogP contribution is 2.36. The Morgan fingerprint density at radius 1 is 1.03 bits per heavy atom. The van der Waals surface area contributed by atoms with Crippen LogP contribution in [0.5, 0.6) is 5.75 Å². The number of rotatable bonds is 5. The predicted octanol–water partition coefficient (Wildman–Crippen LogP) is 4.35. The summed E-state index contributed by atoms with van der Waals surface area (Å²) in [6.45, 7) is 0.808. The number of anilines is 1. The first-order chi connectivity index (χ1) is 15.2. The first-order valence-corrected chi connectivity index (χ1v) is 12.0. The van der Waals surface area contributed by atoms with Crippen LogP contribution in [0.4, 0.5) is 18.3 Å². The van der Waals surface area contributed by atoms with Crippen molar-refractivity contribution < 1.29 is 26.3 Å². The van der Waals surface area contributed by atoms with Crippen molar-refractivity contribution in [1.29, 1.82) is 0 Å². The van der Waals surface area contributed by atoms with Gasteiger partial charge in [0, 0.05) is 37.1 Å². The maximum atomic E-state index is 13.3. The van der Waals surface area contributed by atoms with Crippen LogP contribution in [0.2, 0.25) is 0 Å². The number of benzene rings is 2. The lowest BCUT2D eigenvalue weighted by Gasteiger charge is -2.34. The summed E-state index contributed by atoms with van der Waals surface area (Å²) >= 11 is 1.43. The maximum Gasteiger partial charge on any atom is 0.417 e. The Bertz CT molecular complexity index is 1200. The molecule has 6 nitrogen and oxygen atoms in total. The van der Waals surface area contributed by atoms with Gasteiger partial charge >= 0.3 is 6.18 Å². The van der Waals surface area contributed by atoms with Gasteiger partial charge in [-0.05, 0) is 24.3 Å². The monoisotopic (exact) mass is 483 g/mol. The lowest BCUT2D eigenvalue weighted by atomic mass is 10.2. The summed E-state index contributed by atoms with van der Waals surface area (Å²) in [6, 6.07) is 11.8. The number of hydrogen-bond acceptors (Lipinski definition) is 6. The summed E-state index contributed by atoms with van der Waals surface area (Å²) in [5.41, 5.74) is 0.528. The van der Waals surface area contributed by atoms with Crippen LogP contribution in [0.25, 0.3) is 11.3 Å². The molecule has 32 heavy (non-hydrogen) atoms. The fraction of sp³-hybridized carbons (Fsp3) is 0.286. The summed E-state index contributed by atoms with van der Waals surface area (Å²) < 4.78 is 72.1. The molecule has 0 bridgehead atoms. The minimum atomic E-state index is -4.75. The van der Waals surface area contributed by atoms with Gasteiger partial charge in [-0.2, -0.15) is 17.5 Å². The molecule has 0 atom stereocenters. The highest BCUT2D eigenvalue weighted by Gasteiger charge is 2.39. The Morgan fingerprint density at radius 3 is 2.44 bits per heavy atom. The second-order valence-corrected chi connectivity index (χ2v) is 9.88. The zero-order chi connectivity index (χ0) is 22.9. The number of aromatic nitrogens is 1. The first kappa shape index (κ1) is 22.6. The Labute approximate surface area is 187 Å². The summed E-state index contributed by atoms with van der Waals surface area (Å²) in [5.74, 6) is 0.718. The zero-order valence-electron chi connectivity index (χ0n) is 17.0. The normalized spacial score (nSPS) is 15.7. The van der Waals surface area contributed by atoms with Gasteiger partial charge in [-0.25, -0.2) is 13.4 Å². The molecule has 0 N–H and O–H groups in total. The number of alkyl halides is 3. The van der Waals surface area contributed by atoms with Crippen molar-refractivity contribution in [2.24, 2.45) is 0 Å². The van der Waals surface area contributed by atoms with Gasteiger partial charge in [0.15, 0.2) is 5.13 Å². The second-order valence-electron chi connectivity index (χ2n) is 7.13. The van der Waals surface area contributed by atoms with E-state index in [0.717, 1.165) is 38.6 Å². The molecule has 1 aliphatic heterocycles. The predicted molar refractivity (Wildman–Crippen MR) is 117 cm³/mol. The molecule has 0 spiro atoms. The van der Waals surface area contributed by atoms with Crippen LogP contribution in [-0.4, -0.2) is 51.0 Å². The third-order valence-electron chi connectivity index (χ3n) is 5.18. The summed E-state index contributed by atoms with van der Waals surface area (Å²) in [4.78, 5) is 5.87. The standard InChI is InChI=1S/C21H20F3N3O3S2/c1-30-16-6-4-5-15(13-16)18-14-31-20(25-18)26-9-11-27(12-10-26)32(28,29)19-8-3-2-7-17(19)21(22,23)24/h2-8,13-14H,9-12H2,1H3. The Kier molecular flexibility index (Phi) is 6.15. The SMILES string of the molecule is COc1cccc(-c2csc(N3CCN(S(=O)(=O)c4ccccc4C(F)(F)F)CC3)n2)c1. The topological polar surface area (TPSA) is 62.7 Å². The number of ether oxygens (including phenoxy) is 1. The average molecular weight is 484 g/mol. The zero-order valence-corrected chi connectivity index (χ0v) is 18.7. The smallest absolute Gasteiger partial charge is 0.417 e. The van der Waals surface area contributed by atoms with Crippen LogP contribution in [0.3, 0.4) is 0 Å². The van der Waals surface area contributed by atoms with Crippen LogP contribution in [0.1, 0.15) is 5.56 Å². The van der Waals surface area contributed by atoms with Crippen LogP contribution in [-0.2, 0) is 16.2 Å². The van der Waals surface area contributed by atoms with Crippen LogP contribution in [0, 0.1) is 0 Å². The van der Waals surface area contributed by atoms with Gasteiger partial charge in [0.05, 0.1) is 23.3 Å². The Morgan fingerprint density at radius 2 is 1.75 bits per heavy atom. The molecule has 0 aliphatic carbocycles. The molecule has 0 saturated carbocycles. The molecule has 0 radical (unpaired) electrons. The van der Waals surface area contributed by atoms with Crippen molar-refractivity contribution in [2.75, 3.05) is 38.2 Å². The molecular formula is C21H20F3N3O3S2. The quantitative estimate of drug-likeness (QED) is 0.540. The largest absolute Gasteiger partial charge is 0.497 e. The molecule has 0 unspecified atom stereocenters. The van der Waals surface area contributed by atoms with Crippen LogP contribution >= 0.6 is 11.3 Å². The maximum absolute atomic E-state index is 13.3. The summed E-state index contributed by atoms with van der Waals surface area (Å²) in [7, 11) is -2.68. The molecule has 2 heterocycles. The molecule has 11 heteroatoms. The molecule has 1 saturated heterocycles. The molecule has 1 fully saturated rings. The number of sulfonamides is 1. The summed E-state index contributed by atoms with van der Waals surface area (Å²) in [5, 5.41) is 2.64. The van der Waals surface area contributed by atoms with E-state index < -0.39 is 26.7 Å². The summed E-state index contributed by atoms with van der Waals surface area (Å²) in [6.07, 6.45) is -4.75. The van der Waals surface area contributed by atoms with Crippen LogP contribution in [0.15, 0.2) is 58.8 Å². The van der Waals surface area contributed by atoms with E-state index in [-0.39, 0.29) is 13.1 Å². The van der Waals surface area contributed by atoms with Crippen molar-refractivity contribution in [3.8, 4) is 17.0 Å². The van der Waals surface area contributed by atoms with E-state index in [1.807, 2.05) is 34.5 Å². The molecule has 1 aromatic heterocycles. The molecule has 0 amide bonds. The molecule has 1 aliphatic rings. The highest BCUT2D eigenvalue weighted by atomic mass is 32.2. The van der Waals surface area contributed by atoms with Gasteiger partial charge in [-0.15, -0.1) is 11.3 Å². The molecule has 4 rings (SSSR count). The fourth-order valence-electron chi connectivity index (χ4n) is 3.51. The fourth-order valence-corrected chi connectivity index (χ4v) is 6.03. The van der Waals surface area contributed by atoms with Crippen molar-refractivity contribution in [1.82, 2.24) is 9.29 Å². The van der Waals surface area contributed by atoms with Crippen molar-refractivity contribution in [3.05, 3.63) is 59.5 Å². The third kappa shape index (κ3) is 4.45. The average Bonchev–Trinajstić information content (AvgIpc) is 3.29. The molecule has 2 aromatic carbocycles. The van der Waals surface area contributed by atoms with Crippen molar-refractivity contribution >= 4 is 26.5 Å². The lowest BCUT2D eigenvalue weighted by molar-refractivity contribution is -0.139.